The molecule has 0 aliphatic heterocycles. The molecule has 1 aromatic carbocycles. The topological polar surface area (TPSA) is 26.3 Å². The SMILES string of the molecule is CCOC(=O)CC=CCC#CCCc1ccccc1. The minimum absolute atomic E-state index is 0.184. The third-order valence-corrected chi connectivity index (χ3v) is 2.48. The zero-order chi connectivity index (χ0) is 13.8. The predicted molar refractivity (Wildman–Crippen MR) is 77.5 cm³/mol. The van der Waals surface area contributed by atoms with E-state index in [4.69, 9.17) is 4.74 Å². The van der Waals surface area contributed by atoms with Gasteiger partial charge in [0.2, 0.25) is 0 Å². The highest BCUT2D eigenvalue weighted by atomic mass is 16.5. The van der Waals surface area contributed by atoms with Crippen molar-refractivity contribution in [1.29, 1.82) is 0 Å². The van der Waals surface area contributed by atoms with Crippen LogP contribution in [0.25, 0.3) is 0 Å². The fraction of sp³-hybridized carbons (Fsp3) is 0.353. The van der Waals surface area contributed by atoms with Crippen molar-refractivity contribution in [2.45, 2.75) is 32.6 Å². The summed E-state index contributed by atoms with van der Waals surface area (Å²) in [7, 11) is 0. The average molecular weight is 256 g/mol. The van der Waals surface area contributed by atoms with Crippen LogP contribution < -0.4 is 0 Å². The van der Waals surface area contributed by atoms with Crippen molar-refractivity contribution >= 4 is 5.97 Å². The van der Waals surface area contributed by atoms with Crippen LogP contribution in [-0.2, 0) is 16.0 Å². The number of hydrogen-bond donors (Lipinski definition) is 0. The van der Waals surface area contributed by atoms with Crippen molar-refractivity contribution < 1.29 is 9.53 Å². The number of hydrogen-bond acceptors (Lipinski definition) is 2. The van der Waals surface area contributed by atoms with E-state index in [-0.39, 0.29) is 5.97 Å². The maximum absolute atomic E-state index is 11.0. The van der Waals surface area contributed by atoms with Gasteiger partial charge in [0, 0.05) is 12.8 Å². The van der Waals surface area contributed by atoms with E-state index < -0.39 is 0 Å². The number of ether oxygens (including phenoxy) is 1. The molecule has 0 aliphatic rings. The first-order valence-corrected chi connectivity index (χ1v) is 6.63. The van der Waals surface area contributed by atoms with Gasteiger partial charge >= 0.3 is 5.97 Å². The van der Waals surface area contributed by atoms with Gasteiger partial charge in [0.05, 0.1) is 13.0 Å². The molecule has 0 spiro atoms. The second-order valence-electron chi connectivity index (χ2n) is 4.02. The minimum atomic E-state index is -0.184. The molecule has 0 aromatic heterocycles. The van der Waals surface area contributed by atoms with Crippen molar-refractivity contribution in [3.8, 4) is 11.8 Å². The van der Waals surface area contributed by atoms with Crippen molar-refractivity contribution in [2.24, 2.45) is 0 Å². The molecule has 0 aliphatic carbocycles. The van der Waals surface area contributed by atoms with Gasteiger partial charge in [-0.2, -0.15) is 0 Å². The Balaban J connectivity index is 2.11. The van der Waals surface area contributed by atoms with Gasteiger partial charge in [0.1, 0.15) is 0 Å². The van der Waals surface area contributed by atoms with Gasteiger partial charge in [-0.3, -0.25) is 4.79 Å². The lowest BCUT2D eigenvalue weighted by molar-refractivity contribution is -0.142. The largest absolute Gasteiger partial charge is 0.466 e. The Morgan fingerprint density at radius 2 is 2.00 bits per heavy atom. The van der Waals surface area contributed by atoms with Crippen molar-refractivity contribution in [2.75, 3.05) is 6.61 Å². The van der Waals surface area contributed by atoms with Gasteiger partial charge in [0.15, 0.2) is 0 Å². The number of benzene rings is 1. The monoisotopic (exact) mass is 256 g/mol. The number of carbonyl (C=O) groups excluding carboxylic acids is 1. The van der Waals surface area contributed by atoms with Crippen LogP contribution in [0.15, 0.2) is 42.5 Å². The van der Waals surface area contributed by atoms with Crippen molar-refractivity contribution in [3.05, 3.63) is 48.0 Å². The molecule has 0 unspecified atom stereocenters. The summed E-state index contributed by atoms with van der Waals surface area (Å²) in [4.78, 5) is 11.0. The van der Waals surface area contributed by atoms with Gasteiger partial charge in [-0.05, 0) is 18.9 Å². The highest BCUT2D eigenvalue weighted by molar-refractivity contribution is 5.71. The second kappa shape index (κ2) is 9.96. The molecule has 1 aromatic rings. The Kier molecular flexibility index (Phi) is 7.89. The normalized spacial score (nSPS) is 9.95. The molecule has 2 heteroatoms. The molecule has 100 valence electrons. The lowest BCUT2D eigenvalue weighted by Crippen LogP contribution is -2.01. The van der Waals surface area contributed by atoms with Crippen LogP contribution in [0, 0.1) is 11.8 Å². The molecule has 0 bridgehead atoms. The van der Waals surface area contributed by atoms with E-state index in [1.165, 1.54) is 5.56 Å². The Labute approximate surface area is 115 Å². The summed E-state index contributed by atoms with van der Waals surface area (Å²) in [5.74, 6) is 6.02. The fourth-order valence-electron chi connectivity index (χ4n) is 1.55. The molecule has 0 amide bonds. The zero-order valence-electron chi connectivity index (χ0n) is 11.4. The summed E-state index contributed by atoms with van der Waals surface area (Å²) >= 11 is 0. The maximum atomic E-state index is 11.0. The van der Waals surface area contributed by atoms with Gasteiger partial charge in [0.25, 0.3) is 0 Å². The molecule has 0 saturated heterocycles. The van der Waals surface area contributed by atoms with E-state index >= 15 is 0 Å². The summed E-state index contributed by atoms with van der Waals surface area (Å²) in [6, 6.07) is 10.3. The van der Waals surface area contributed by atoms with Crippen LogP contribution in [-0.4, -0.2) is 12.6 Å². The van der Waals surface area contributed by atoms with Gasteiger partial charge in [-0.25, -0.2) is 0 Å². The third kappa shape index (κ3) is 7.83. The maximum Gasteiger partial charge on any atom is 0.309 e. The number of allylic oxidation sites excluding steroid dienone is 1. The zero-order valence-corrected chi connectivity index (χ0v) is 11.4. The van der Waals surface area contributed by atoms with E-state index in [1.54, 1.807) is 6.92 Å². The van der Waals surface area contributed by atoms with Crippen molar-refractivity contribution in [3.63, 3.8) is 0 Å². The molecule has 0 heterocycles. The summed E-state index contributed by atoms with van der Waals surface area (Å²) in [5.41, 5.74) is 1.31. The van der Waals surface area contributed by atoms with E-state index in [2.05, 4.69) is 24.0 Å². The van der Waals surface area contributed by atoms with Crippen LogP contribution in [0.5, 0.6) is 0 Å². The summed E-state index contributed by atoms with van der Waals surface area (Å²) in [5, 5.41) is 0. The molecule has 0 atom stereocenters. The molecule has 2 nitrogen and oxygen atoms in total. The predicted octanol–water partition coefficient (Wildman–Crippen LogP) is 3.52. The van der Waals surface area contributed by atoms with Crippen LogP contribution in [0.4, 0.5) is 0 Å². The number of aryl methyl sites for hydroxylation is 1. The molecule has 0 N–H and O–H groups in total. The quantitative estimate of drug-likeness (QED) is 0.442. The number of rotatable bonds is 6. The lowest BCUT2D eigenvalue weighted by atomic mass is 10.1. The molecular weight excluding hydrogens is 236 g/mol. The Bertz CT molecular complexity index is 449. The standard InChI is InChI=1S/C17H20O2/c1-2-19-17(18)15-11-6-4-3-5-8-12-16-13-9-7-10-14-16/h6-7,9-11,13-14H,2,4,8,12,15H2,1H3. The Hall–Kier alpha value is -2.01. The molecule has 0 fully saturated rings. The summed E-state index contributed by atoms with van der Waals surface area (Å²) < 4.78 is 4.81. The van der Waals surface area contributed by atoms with Crippen molar-refractivity contribution in [1.82, 2.24) is 0 Å². The van der Waals surface area contributed by atoms with E-state index in [0.717, 1.165) is 12.8 Å². The minimum Gasteiger partial charge on any atom is -0.466 e. The first-order chi connectivity index (χ1) is 9.33. The number of carbonyl (C=O) groups is 1. The summed E-state index contributed by atoms with van der Waals surface area (Å²) in [6.07, 6.45) is 6.60. The van der Waals surface area contributed by atoms with Gasteiger partial charge < -0.3 is 4.74 Å². The lowest BCUT2D eigenvalue weighted by Gasteiger charge is -1.95. The Morgan fingerprint density at radius 3 is 2.74 bits per heavy atom. The molecular formula is C17H20O2. The van der Waals surface area contributed by atoms with Crippen LogP contribution in [0.3, 0.4) is 0 Å². The third-order valence-electron chi connectivity index (χ3n) is 2.48. The van der Waals surface area contributed by atoms with E-state index in [1.807, 2.05) is 30.4 Å². The van der Waals surface area contributed by atoms with Crippen LogP contribution in [0.2, 0.25) is 0 Å². The van der Waals surface area contributed by atoms with Gasteiger partial charge in [-0.1, -0.05) is 48.4 Å². The van der Waals surface area contributed by atoms with Crippen LogP contribution >= 0.6 is 0 Å². The van der Waals surface area contributed by atoms with Crippen LogP contribution in [0.1, 0.15) is 31.7 Å². The molecule has 0 radical (unpaired) electrons. The highest BCUT2D eigenvalue weighted by Gasteiger charge is 1.94. The van der Waals surface area contributed by atoms with E-state index in [0.29, 0.717) is 19.4 Å². The fourth-order valence-corrected chi connectivity index (χ4v) is 1.55. The number of esters is 1. The van der Waals surface area contributed by atoms with Gasteiger partial charge in [-0.15, -0.1) is 5.92 Å². The average Bonchev–Trinajstić information content (AvgIpc) is 2.43. The first kappa shape index (κ1) is 15.0. The summed E-state index contributed by atoms with van der Waals surface area (Å²) in [6.45, 7) is 2.24. The molecule has 1 rings (SSSR count). The Morgan fingerprint density at radius 1 is 1.21 bits per heavy atom. The second-order valence-corrected chi connectivity index (χ2v) is 4.02. The highest BCUT2D eigenvalue weighted by Crippen LogP contribution is 2.01. The van der Waals surface area contributed by atoms with E-state index in [9.17, 15) is 4.79 Å². The smallest absolute Gasteiger partial charge is 0.309 e. The first-order valence-electron chi connectivity index (χ1n) is 6.63. The molecule has 0 saturated carbocycles. The molecule has 19 heavy (non-hydrogen) atoms.